The van der Waals surface area contributed by atoms with E-state index in [0.717, 1.165) is 5.75 Å². The van der Waals surface area contributed by atoms with Crippen LogP contribution in [0.25, 0.3) is 0 Å². The highest BCUT2D eigenvalue weighted by Crippen LogP contribution is 2.43. The van der Waals surface area contributed by atoms with Crippen molar-refractivity contribution in [2.75, 3.05) is 13.2 Å². The number of hydrogen-bond donors (Lipinski definition) is 0. The quantitative estimate of drug-likeness (QED) is 0.660. The van der Waals surface area contributed by atoms with Gasteiger partial charge < -0.3 is 13.6 Å². The van der Waals surface area contributed by atoms with Crippen LogP contribution in [0.5, 0.6) is 5.75 Å². The van der Waals surface area contributed by atoms with Crippen LogP contribution < -0.4 is 4.52 Å². The first-order valence-corrected chi connectivity index (χ1v) is 4.84. The standard InChI is InChI=1S/C8H9O3P/c1-2-4-8(5-3-1)11-12-9-6-7-10-12/h1-5H,6-7H2. The molecule has 1 aromatic rings. The molecule has 0 N–H and O–H groups in total. The molecule has 64 valence electrons. The molecule has 1 saturated heterocycles. The molecule has 2 rings (SSSR count). The highest BCUT2D eigenvalue weighted by atomic mass is 31.2. The fourth-order valence-electron chi connectivity index (χ4n) is 0.881. The van der Waals surface area contributed by atoms with Crippen LogP contribution >= 0.6 is 8.60 Å². The zero-order valence-corrected chi connectivity index (χ0v) is 7.37. The minimum absolute atomic E-state index is 0.637. The molecule has 3 nitrogen and oxygen atoms in total. The second kappa shape index (κ2) is 3.85. The number of para-hydroxylation sites is 1. The number of rotatable bonds is 2. The topological polar surface area (TPSA) is 27.7 Å². The SMILES string of the molecule is c1ccc(OP2OCCO2)cc1. The van der Waals surface area contributed by atoms with Crippen molar-refractivity contribution in [1.29, 1.82) is 0 Å². The maximum Gasteiger partial charge on any atom is 0.397 e. The van der Waals surface area contributed by atoms with E-state index in [4.69, 9.17) is 13.6 Å². The monoisotopic (exact) mass is 184 g/mol. The third kappa shape index (κ3) is 1.95. The average molecular weight is 184 g/mol. The lowest BCUT2D eigenvalue weighted by molar-refractivity contribution is 0.353. The minimum Gasteiger partial charge on any atom is -0.427 e. The molecular formula is C8H9O3P. The summed E-state index contributed by atoms with van der Waals surface area (Å²) in [5.74, 6) is 0.797. The van der Waals surface area contributed by atoms with E-state index in [9.17, 15) is 0 Å². The molecule has 4 heteroatoms. The normalized spacial score (nSPS) is 18.0. The molecule has 1 aromatic carbocycles. The molecule has 1 heterocycles. The highest BCUT2D eigenvalue weighted by molar-refractivity contribution is 7.42. The molecule has 0 bridgehead atoms. The van der Waals surface area contributed by atoms with E-state index >= 15 is 0 Å². The first-order valence-electron chi connectivity index (χ1n) is 3.74. The van der Waals surface area contributed by atoms with Crippen LogP contribution in [0.4, 0.5) is 0 Å². The Kier molecular flexibility index (Phi) is 2.57. The van der Waals surface area contributed by atoms with E-state index in [1.54, 1.807) is 0 Å². The van der Waals surface area contributed by atoms with Crippen LogP contribution in [0.3, 0.4) is 0 Å². The number of hydrogen-bond acceptors (Lipinski definition) is 3. The zero-order valence-electron chi connectivity index (χ0n) is 6.47. The van der Waals surface area contributed by atoms with Crippen LogP contribution in [0.2, 0.25) is 0 Å². The second-order valence-electron chi connectivity index (χ2n) is 2.29. The lowest BCUT2D eigenvalue weighted by Crippen LogP contribution is -1.85. The Hall–Kier alpha value is -0.630. The summed E-state index contributed by atoms with van der Waals surface area (Å²) in [6, 6.07) is 9.54. The Labute approximate surface area is 72.3 Å². The summed E-state index contributed by atoms with van der Waals surface area (Å²) in [4.78, 5) is 0. The first kappa shape index (κ1) is 7.99. The molecule has 0 spiro atoms. The predicted molar refractivity (Wildman–Crippen MR) is 45.9 cm³/mol. The molecule has 1 fully saturated rings. The fraction of sp³-hybridized carbons (Fsp3) is 0.250. The van der Waals surface area contributed by atoms with E-state index in [1.165, 1.54) is 0 Å². The maximum absolute atomic E-state index is 5.40. The van der Waals surface area contributed by atoms with Gasteiger partial charge in [-0.15, -0.1) is 0 Å². The van der Waals surface area contributed by atoms with Gasteiger partial charge in [-0.05, 0) is 12.1 Å². The van der Waals surface area contributed by atoms with Gasteiger partial charge >= 0.3 is 8.60 Å². The summed E-state index contributed by atoms with van der Waals surface area (Å²) in [7, 11) is -1.12. The molecule has 0 aliphatic carbocycles. The molecule has 1 aliphatic rings. The first-order chi connectivity index (χ1) is 5.95. The third-order valence-corrected chi connectivity index (χ3v) is 2.55. The smallest absolute Gasteiger partial charge is 0.397 e. The van der Waals surface area contributed by atoms with Crippen LogP contribution in [0, 0.1) is 0 Å². The van der Waals surface area contributed by atoms with Crippen LogP contribution in [0.15, 0.2) is 30.3 Å². The molecule has 0 atom stereocenters. The van der Waals surface area contributed by atoms with E-state index < -0.39 is 8.60 Å². The van der Waals surface area contributed by atoms with Gasteiger partial charge in [0.25, 0.3) is 0 Å². The molecule has 0 aromatic heterocycles. The van der Waals surface area contributed by atoms with Gasteiger partial charge in [0, 0.05) is 0 Å². The van der Waals surface area contributed by atoms with Crippen molar-refractivity contribution in [2.24, 2.45) is 0 Å². The molecular weight excluding hydrogens is 175 g/mol. The Morgan fingerprint density at radius 3 is 2.42 bits per heavy atom. The summed E-state index contributed by atoms with van der Waals surface area (Å²) < 4.78 is 15.8. The van der Waals surface area contributed by atoms with E-state index in [1.807, 2.05) is 30.3 Å². The van der Waals surface area contributed by atoms with Crippen molar-refractivity contribution in [3.8, 4) is 5.75 Å². The van der Waals surface area contributed by atoms with Crippen molar-refractivity contribution >= 4 is 8.60 Å². The molecule has 1 aliphatic heterocycles. The largest absolute Gasteiger partial charge is 0.427 e. The maximum atomic E-state index is 5.40. The van der Waals surface area contributed by atoms with Crippen molar-refractivity contribution in [3.63, 3.8) is 0 Å². The molecule has 12 heavy (non-hydrogen) atoms. The Bertz CT molecular complexity index is 233. The summed E-state index contributed by atoms with van der Waals surface area (Å²) in [6.07, 6.45) is 0. The molecule has 0 unspecified atom stereocenters. The second-order valence-corrected chi connectivity index (χ2v) is 3.44. The van der Waals surface area contributed by atoms with Gasteiger partial charge in [0.15, 0.2) is 0 Å². The van der Waals surface area contributed by atoms with Crippen LogP contribution in [-0.2, 0) is 9.05 Å². The number of benzene rings is 1. The van der Waals surface area contributed by atoms with Gasteiger partial charge in [0.05, 0.1) is 13.2 Å². The van der Waals surface area contributed by atoms with Crippen LogP contribution in [0.1, 0.15) is 0 Å². The third-order valence-electron chi connectivity index (χ3n) is 1.40. The van der Waals surface area contributed by atoms with Crippen molar-refractivity contribution in [1.82, 2.24) is 0 Å². The lowest BCUT2D eigenvalue weighted by Gasteiger charge is -2.07. The van der Waals surface area contributed by atoms with Gasteiger partial charge in [-0.2, -0.15) is 0 Å². The average Bonchev–Trinajstić information content (AvgIpc) is 2.59. The Morgan fingerprint density at radius 2 is 1.75 bits per heavy atom. The van der Waals surface area contributed by atoms with E-state index in [2.05, 4.69) is 0 Å². The lowest BCUT2D eigenvalue weighted by atomic mass is 10.3. The van der Waals surface area contributed by atoms with Crippen LogP contribution in [-0.4, -0.2) is 13.2 Å². The Morgan fingerprint density at radius 1 is 1.08 bits per heavy atom. The molecule has 0 radical (unpaired) electrons. The van der Waals surface area contributed by atoms with Gasteiger partial charge in [-0.3, -0.25) is 0 Å². The summed E-state index contributed by atoms with van der Waals surface area (Å²) in [5.41, 5.74) is 0. The highest BCUT2D eigenvalue weighted by Gasteiger charge is 2.20. The van der Waals surface area contributed by atoms with E-state index in [-0.39, 0.29) is 0 Å². The molecule has 0 saturated carbocycles. The van der Waals surface area contributed by atoms with Gasteiger partial charge in [0.1, 0.15) is 5.75 Å². The van der Waals surface area contributed by atoms with Gasteiger partial charge in [0.2, 0.25) is 0 Å². The minimum atomic E-state index is -1.12. The summed E-state index contributed by atoms with van der Waals surface area (Å²) >= 11 is 0. The van der Waals surface area contributed by atoms with Gasteiger partial charge in [-0.25, -0.2) is 0 Å². The molecule has 0 amide bonds. The summed E-state index contributed by atoms with van der Waals surface area (Å²) in [6.45, 7) is 1.27. The zero-order chi connectivity index (χ0) is 8.23. The summed E-state index contributed by atoms with van der Waals surface area (Å²) in [5, 5.41) is 0. The Balaban J connectivity index is 1.94. The van der Waals surface area contributed by atoms with Crippen molar-refractivity contribution in [3.05, 3.63) is 30.3 Å². The van der Waals surface area contributed by atoms with Crippen molar-refractivity contribution < 1.29 is 13.6 Å². The fourth-order valence-corrected chi connectivity index (χ4v) is 1.80. The van der Waals surface area contributed by atoms with Crippen molar-refractivity contribution in [2.45, 2.75) is 0 Å². The predicted octanol–water partition coefficient (Wildman–Crippen LogP) is 2.34. The van der Waals surface area contributed by atoms with E-state index in [0.29, 0.717) is 13.2 Å². The van der Waals surface area contributed by atoms with Gasteiger partial charge in [-0.1, -0.05) is 18.2 Å².